The molecule has 3 N–H and O–H groups in total. The Morgan fingerprint density at radius 2 is 1.03 bits per heavy atom. The van der Waals surface area contributed by atoms with Crippen LogP contribution in [-0.4, -0.2) is 26.0 Å². The molecular weight excluding hydrogens is 1090 g/mol. The number of H-pyrrole nitrogens is 2. The number of nitrogens with zero attached hydrogens (tertiary/aromatic N) is 1. The molecule has 12 rings (SSSR count). The first-order chi connectivity index (χ1) is 33.7. The number of aliphatic hydroxyl groups excluding tert-OH is 1. The summed E-state index contributed by atoms with van der Waals surface area (Å²) in [6.45, 7) is 2.85. The quantitative estimate of drug-likeness (QED) is 0.0795. The Morgan fingerprint density at radius 3 is 1.49 bits per heavy atom. The minimum atomic E-state index is -0.125. The van der Waals surface area contributed by atoms with E-state index in [-0.39, 0.29) is 53.3 Å². The molecule has 345 valence electrons. The maximum Gasteiger partial charge on any atom is 2.00 e. The number of allylic oxidation sites excluding steroid dienone is 2. The number of benzene rings is 9. The van der Waals surface area contributed by atoms with Crippen molar-refractivity contribution in [3.8, 4) is 55.0 Å². The van der Waals surface area contributed by atoms with E-state index in [9.17, 15) is 15.0 Å². The summed E-state index contributed by atoms with van der Waals surface area (Å²) in [4.78, 5) is 21.2. The molecule has 0 aliphatic carbocycles. The van der Waals surface area contributed by atoms with Gasteiger partial charge in [-0.15, -0.1) is 29.8 Å². The third kappa shape index (κ3) is 12.4. The van der Waals surface area contributed by atoms with Crippen molar-refractivity contribution in [3.63, 3.8) is 0 Å². The first-order valence-electron chi connectivity index (χ1n) is 22.2. The van der Waals surface area contributed by atoms with E-state index in [0.717, 1.165) is 79.8 Å². The molecule has 9 aromatic carbocycles. The number of nitrogens with one attached hydrogen (secondary N) is 2. The molecule has 0 fully saturated rings. The second kappa shape index (κ2) is 23.8. The van der Waals surface area contributed by atoms with Crippen molar-refractivity contribution in [2.24, 2.45) is 0 Å². The molecule has 71 heavy (non-hydrogen) atoms. The van der Waals surface area contributed by atoms with Crippen LogP contribution in [0.3, 0.4) is 0 Å². The van der Waals surface area contributed by atoms with Crippen molar-refractivity contribution in [2.75, 3.05) is 0 Å². The van der Waals surface area contributed by atoms with Gasteiger partial charge in [-0.05, 0) is 82.2 Å². The predicted octanol–water partition coefficient (Wildman–Crippen LogP) is 13.2. The van der Waals surface area contributed by atoms with Gasteiger partial charge in [-0.2, -0.15) is 9.97 Å². The molecule has 1 radical (unpaired) electrons. The zero-order valence-corrected chi connectivity index (χ0v) is 42.7. The standard InChI is InChI=1S/C21H14N.2C17H11NOS.C5H8O2.Be.Ir/c1-2-6-16(7-3-1)17-10-12-19(13-11-17)21-20-9-5-4-8-18(20)14-15-22-21;2*19-15-10-12-6-2-1-5-11(12)9-13(15)17-18-14-7-3-4-8-16(14)20-17;1-4(6)3-5(2)7;;/h1-12,14-15H;2*1-10,19H;3,6H,1-2H3;;/q-1;;;;+2;. The number of para-hydroxylation sites is 2. The van der Waals surface area contributed by atoms with Crippen LogP contribution in [-0.2, 0) is 24.9 Å². The number of hydrogen-bond acceptors (Lipinski definition) is 7. The maximum atomic E-state index is 12.3. The summed E-state index contributed by atoms with van der Waals surface area (Å²) in [6, 6.07) is 69.8. The summed E-state index contributed by atoms with van der Waals surface area (Å²) in [5.74, 6) is 0.0607. The van der Waals surface area contributed by atoms with Crippen LogP contribution in [0.15, 0.2) is 218 Å². The number of pyridine rings is 1. The van der Waals surface area contributed by atoms with Gasteiger partial charge in [0.15, 0.2) is 5.78 Å². The van der Waals surface area contributed by atoms with Gasteiger partial charge >= 0.3 is 10.1 Å². The Bertz CT molecular complexity index is 3550. The first kappa shape index (κ1) is 51.2. The topological polar surface area (TPSA) is 125 Å². The number of carbonyl (C=O) groups is 1. The first-order valence-corrected chi connectivity index (χ1v) is 23.8. The summed E-state index contributed by atoms with van der Waals surface area (Å²) >= 11 is 3.24. The normalized spacial score (nSPS) is 10.8. The van der Waals surface area contributed by atoms with Crippen molar-refractivity contribution >= 4 is 91.3 Å². The number of hydrogen-bond donors (Lipinski definition) is 1. The number of rotatable bonds is 5. The fourth-order valence-corrected chi connectivity index (χ4v) is 9.93. The van der Waals surface area contributed by atoms with Crippen LogP contribution in [0, 0.1) is 6.07 Å². The van der Waals surface area contributed by atoms with E-state index in [4.69, 9.17) is 5.11 Å². The third-order valence-corrected chi connectivity index (χ3v) is 13.3. The smallest absolute Gasteiger partial charge is 0.872 e. The van der Waals surface area contributed by atoms with Gasteiger partial charge in [-0.1, -0.05) is 185 Å². The Kier molecular flexibility index (Phi) is 17.1. The number of aromatic nitrogens is 3. The van der Waals surface area contributed by atoms with Crippen molar-refractivity contribution in [3.05, 3.63) is 224 Å². The van der Waals surface area contributed by atoms with Gasteiger partial charge in [0, 0.05) is 44.5 Å². The second-order valence-corrected chi connectivity index (χ2v) is 18.2. The van der Waals surface area contributed by atoms with Gasteiger partial charge < -0.3 is 20.3 Å². The minimum Gasteiger partial charge on any atom is -0.872 e. The minimum absolute atomic E-state index is 0. The zero-order valence-electron chi connectivity index (χ0n) is 38.7. The molecule has 0 unspecified atom stereocenters. The number of fused-ring (bicyclic) bond motifs is 5. The van der Waals surface area contributed by atoms with E-state index in [1.54, 1.807) is 34.8 Å². The van der Waals surface area contributed by atoms with Crippen LogP contribution >= 0.6 is 22.7 Å². The van der Waals surface area contributed by atoms with Gasteiger partial charge in [0.25, 0.3) is 10.0 Å². The van der Waals surface area contributed by atoms with Gasteiger partial charge in [-0.25, -0.2) is 0 Å². The third-order valence-electron chi connectivity index (χ3n) is 11.1. The average molecular weight is 1140 g/mol. The van der Waals surface area contributed by atoms with E-state index >= 15 is 0 Å². The SMILES string of the molecule is CC(=O)C=C(C)O.[Be+2].[Ir].[O-]c1cc2ccccc2cc1-c1[nH+]c2ccccc2s1.[O-]c1cc2ccccc2cc1-c1[nH+]c2ccccc2s1.[c-]1cc(-c2ccccc2)ccc1-c1nccc2ccccc12. The van der Waals surface area contributed by atoms with E-state index in [0.29, 0.717) is 0 Å². The van der Waals surface area contributed by atoms with E-state index < -0.39 is 0 Å². The molecule has 3 aromatic heterocycles. The van der Waals surface area contributed by atoms with Crippen molar-refractivity contribution in [1.82, 2.24) is 4.98 Å². The van der Waals surface area contributed by atoms with E-state index in [1.807, 2.05) is 134 Å². The number of aromatic amines is 2. The molecular formula is C60H44BeIrN3O4S2+. The van der Waals surface area contributed by atoms with Gasteiger partial charge in [0.2, 0.25) is 11.0 Å². The van der Waals surface area contributed by atoms with E-state index in [1.165, 1.54) is 36.4 Å². The van der Waals surface area contributed by atoms with Crippen LogP contribution in [0.4, 0.5) is 0 Å². The number of carbonyl (C=O) groups excluding carboxylic acids is 1. The Morgan fingerprint density at radius 1 is 0.563 bits per heavy atom. The Balaban J connectivity index is 0.000000145. The maximum absolute atomic E-state index is 12.3. The summed E-state index contributed by atoms with van der Waals surface area (Å²) in [6.07, 6.45) is 3.02. The fraction of sp³-hybridized carbons (Fsp3) is 0.0333. The predicted molar refractivity (Wildman–Crippen MR) is 286 cm³/mol. The van der Waals surface area contributed by atoms with Crippen LogP contribution in [0.2, 0.25) is 0 Å². The van der Waals surface area contributed by atoms with E-state index in [2.05, 4.69) is 81.7 Å². The molecule has 0 saturated carbocycles. The fourth-order valence-electron chi connectivity index (χ4n) is 7.88. The van der Waals surface area contributed by atoms with Gasteiger partial charge in [-0.3, -0.25) is 4.79 Å². The molecule has 7 nitrogen and oxygen atoms in total. The summed E-state index contributed by atoms with van der Waals surface area (Å²) < 4.78 is 2.32. The molecule has 0 spiro atoms. The zero-order chi connectivity index (χ0) is 47.7. The van der Waals surface area contributed by atoms with Crippen molar-refractivity contribution in [2.45, 2.75) is 13.8 Å². The van der Waals surface area contributed by atoms with Gasteiger partial charge in [0.05, 0.1) is 16.9 Å². The Hall–Kier alpha value is -7.68. The molecule has 12 aromatic rings. The van der Waals surface area contributed by atoms with Crippen LogP contribution in [0.5, 0.6) is 11.5 Å². The second-order valence-electron chi connectivity index (χ2n) is 16.1. The summed E-state index contributed by atoms with van der Waals surface area (Å²) in [5.41, 5.74) is 8.00. The molecule has 0 amide bonds. The number of ketones is 1. The van der Waals surface area contributed by atoms with Gasteiger partial charge in [0.1, 0.15) is 9.40 Å². The Labute approximate surface area is 436 Å². The van der Waals surface area contributed by atoms with Crippen LogP contribution in [0.1, 0.15) is 13.8 Å². The van der Waals surface area contributed by atoms with Crippen LogP contribution < -0.4 is 20.2 Å². The van der Waals surface area contributed by atoms with Crippen LogP contribution in [0.25, 0.3) is 96.3 Å². The van der Waals surface area contributed by atoms with Crippen molar-refractivity contribution < 1.29 is 50.2 Å². The monoisotopic (exact) mass is 1140 g/mol. The largest absolute Gasteiger partial charge is 2.00 e. The molecule has 0 aliphatic heterocycles. The molecule has 0 atom stereocenters. The summed E-state index contributed by atoms with van der Waals surface area (Å²) in [5, 5.41) is 41.3. The number of thiazole rings is 2. The molecule has 3 heterocycles. The number of aliphatic hydroxyl groups is 1. The molecule has 11 heteroatoms. The molecule has 0 aliphatic rings. The van der Waals surface area contributed by atoms with Crippen molar-refractivity contribution in [1.29, 1.82) is 0 Å². The molecule has 0 bridgehead atoms. The molecule has 0 saturated heterocycles. The average Bonchev–Trinajstić information content (AvgIpc) is 4.01. The summed E-state index contributed by atoms with van der Waals surface area (Å²) in [7, 11) is 0.